The molecule has 0 fully saturated rings. The van der Waals surface area contributed by atoms with E-state index in [1.807, 2.05) is 6.92 Å². The smallest absolute Gasteiger partial charge is 0.177 e. The second-order valence-corrected chi connectivity index (χ2v) is 9.52. The standard InChI is InChI=1S/C14H23NO4S2/c1-6-10(2)11(3)15-13-8-7-12(20(4,16)17)9-14(13)21(5,18)19/h7-11,15H,6H2,1-5H3/t10-,11-/m0/s1. The van der Waals surface area contributed by atoms with Gasteiger partial charge in [-0.1, -0.05) is 20.3 Å². The fourth-order valence-electron chi connectivity index (χ4n) is 1.90. The van der Waals surface area contributed by atoms with E-state index >= 15 is 0 Å². The van der Waals surface area contributed by atoms with Crippen molar-refractivity contribution in [2.24, 2.45) is 5.92 Å². The lowest BCUT2D eigenvalue weighted by molar-refractivity contribution is 0.494. The number of hydrogen-bond acceptors (Lipinski definition) is 5. The van der Waals surface area contributed by atoms with Gasteiger partial charge in [0.2, 0.25) is 0 Å². The summed E-state index contributed by atoms with van der Waals surface area (Å²) in [4.78, 5) is 0.0187. The molecule has 1 aromatic rings. The van der Waals surface area contributed by atoms with Crippen molar-refractivity contribution in [3.8, 4) is 0 Å². The molecule has 5 nitrogen and oxygen atoms in total. The first kappa shape index (κ1) is 18.0. The number of rotatable bonds is 6. The zero-order valence-corrected chi connectivity index (χ0v) is 14.7. The Morgan fingerprint density at radius 2 is 1.62 bits per heavy atom. The molecule has 0 aromatic heterocycles. The van der Waals surface area contributed by atoms with E-state index in [-0.39, 0.29) is 15.8 Å². The predicted molar refractivity (Wildman–Crippen MR) is 85.2 cm³/mol. The minimum atomic E-state index is -3.52. The van der Waals surface area contributed by atoms with E-state index in [1.54, 1.807) is 0 Å². The lowest BCUT2D eigenvalue weighted by Crippen LogP contribution is -2.24. The predicted octanol–water partition coefficient (Wildman–Crippen LogP) is 2.34. The number of hydrogen-bond donors (Lipinski definition) is 1. The summed E-state index contributed by atoms with van der Waals surface area (Å²) in [6.45, 7) is 6.11. The molecule has 120 valence electrons. The van der Waals surface area contributed by atoms with Gasteiger partial charge >= 0.3 is 0 Å². The Labute approximate surface area is 127 Å². The highest BCUT2D eigenvalue weighted by molar-refractivity contribution is 7.91. The van der Waals surface area contributed by atoms with Crippen LogP contribution in [0, 0.1) is 5.92 Å². The van der Waals surface area contributed by atoms with Crippen LogP contribution in [0.4, 0.5) is 5.69 Å². The van der Waals surface area contributed by atoms with Crippen molar-refractivity contribution in [2.75, 3.05) is 17.8 Å². The molecule has 21 heavy (non-hydrogen) atoms. The monoisotopic (exact) mass is 333 g/mol. The van der Waals surface area contributed by atoms with Crippen LogP contribution in [0.25, 0.3) is 0 Å². The van der Waals surface area contributed by atoms with Crippen molar-refractivity contribution < 1.29 is 16.8 Å². The van der Waals surface area contributed by atoms with Crippen molar-refractivity contribution in [3.05, 3.63) is 18.2 Å². The number of benzene rings is 1. The summed E-state index contributed by atoms with van der Waals surface area (Å²) in [5.41, 5.74) is 0.442. The van der Waals surface area contributed by atoms with Gasteiger partial charge in [0.05, 0.1) is 15.5 Å². The highest BCUT2D eigenvalue weighted by Crippen LogP contribution is 2.27. The zero-order chi connectivity index (χ0) is 16.4. The van der Waals surface area contributed by atoms with Crippen LogP contribution < -0.4 is 5.32 Å². The molecule has 2 atom stereocenters. The summed E-state index contributed by atoms with van der Waals surface area (Å²) in [7, 11) is -6.97. The van der Waals surface area contributed by atoms with Crippen LogP contribution in [-0.4, -0.2) is 35.4 Å². The van der Waals surface area contributed by atoms with Crippen LogP contribution in [-0.2, 0) is 19.7 Å². The third-order valence-electron chi connectivity index (χ3n) is 3.66. The molecule has 0 aliphatic rings. The van der Waals surface area contributed by atoms with Crippen molar-refractivity contribution >= 4 is 25.4 Å². The number of sulfone groups is 2. The minimum Gasteiger partial charge on any atom is -0.381 e. The van der Waals surface area contributed by atoms with Gasteiger partial charge < -0.3 is 5.32 Å². The Balaban J connectivity index is 3.34. The van der Waals surface area contributed by atoms with Crippen molar-refractivity contribution in [3.63, 3.8) is 0 Å². The summed E-state index contributed by atoms with van der Waals surface area (Å²) in [5, 5.41) is 3.17. The Hall–Kier alpha value is -1.08. The molecule has 0 radical (unpaired) electrons. The van der Waals surface area contributed by atoms with Crippen LogP contribution in [0.3, 0.4) is 0 Å². The van der Waals surface area contributed by atoms with Gasteiger partial charge in [-0.25, -0.2) is 16.8 Å². The molecule has 0 amide bonds. The van der Waals surface area contributed by atoms with Gasteiger partial charge in [0.15, 0.2) is 19.7 Å². The number of nitrogens with one attached hydrogen (secondary N) is 1. The number of anilines is 1. The van der Waals surface area contributed by atoms with Crippen LogP contribution >= 0.6 is 0 Å². The molecular weight excluding hydrogens is 310 g/mol. The van der Waals surface area contributed by atoms with Crippen LogP contribution in [0.15, 0.2) is 28.0 Å². The van der Waals surface area contributed by atoms with Gasteiger partial charge in [-0.2, -0.15) is 0 Å². The average Bonchev–Trinajstić information content (AvgIpc) is 2.35. The topological polar surface area (TPSA) is 80.3 Å². The summed E-state index contributed by atoms with van der Waals surface area (Å²) in [5.74, 6) is 0.368. The lowest BCUT2D eigenvalue weighted by atomic mass is 10.0. The fourth-order valence-corrected chi connectivity index (χ4v) is 3.49. The normalized spacial score (nSPS) is 15.5. The highest BCUT2D eigenvalue weighted by Gasteiger charge is 2.20. The first-order valence-electron chi connectivity index (χ1n) is 6.77. The molecule has 0 spiro atoms. The van der Waals surface area contributed by atoms with E-state index in [9.17, 15) is 16.8 Å². The summed E-state index contributed by atoms with van der Waals surface area (Å²) in [6.07, 6.45) is 3.10. The maximum absolute atomic E-state index is 11.9. The maximum Gasteiger partial charge on any atom is 0.177 e. The van der Waals surface area contributed by atoms with Crippen LogP contribution in [0.1, 0.15) is 27.2 Å². The molecule has 0 bridgehead atoms. The molecule has 0 saturated heterocycles. The largest absolute Gasteiger partial charge is 0.381 e. The van der Waals surface area contributed by atoms with Crippen LogP contribution in [0.2, 0.25) is 0 Å². The molecule has 1 aromatic carbocycles. The van der Waals surface area contributed by atoms with Crippen molar-refractivity contribution in [1.29, 1.82) is 0 Å². The Bertz CT molecular complexity index is 708. The van der Waals surface area contributed by atoms with E-state index in [0.29, 0.717) is 11.6 Å². The van der Waals surface area contributed by atoms with Gasteiger partial charge in [-0.3, -0.25) is 0 Å². The molecule has 0 unspecified atom stereocenters. The Morgan fingerprint density at radius 1 is 1.05 bits per heavy atom. The molecule has 1 N–H and O–H groups in total. The first-order chi connectivity index (χ1) is 9.46. The highest BCUT2D eigenvalue weighted by atomic mass is 32.2. The van der Waals surface area contributed by atoms with Gasteiger partial charge in [-0.05, 0) is 31.0 Å². The third kappa shape index (κ3) is 4.71. The zero-order valence-electron chi connectivity index (χ0n) is 13.0. The second kappa shape index (κ2) is 6.36. The minimum absolute atomic E-state index is 0.00432. The van der Waals surface area contributed by atoms with Crippen molar-refractivity contribution in [2.45, 2.75) is 43.0 Å². The van der Waals surface area contributed by atoms with E-state index in [1.165, 1.54) is 18.2 Å². The summed E-state index contributed by atoms with van der Waals surface area (Å²) < 4.78 is 47.0. The summed E-state index contributed by atoms with van der Waals surface area (Å²) >= 11 is 0. The molecular formula is C14H23NO4S2. The third-order valence-corrected chi connectivity index (χ3v) is 5.91. The molecule has 0 saturated carbocycles. The van der Waals surface area contributed by atoms with E-state index in [4.69, 9.17) is 0 Å². The van der Waals surface area contributed by atoms with Gasteiger partial charge in [0.1, 0.15) is 0 Å². The van der Waals surface area contributed by atoms with E-state index in [0.717, 1.165) is 18.9 Å². The molecule has 0 aliphatic carbocycles. The van der Waals surface area contributed by atoms with Gasteiger partial charge in [0, 0.05) is 18.6 Å². The summed E-state index contributed by atoms with van der Waals surface area (Å²) in [6, 6.07) is 4.25. The Morgan fingerprint density at radius 3 is 2.05 bits per heavy atom. The second-order valence-electron chi connectivity index (χ2n) is 5.52. The van der Waals surface area contributed by atoms with E-state index < -0.39 is 19.7 Å². The quantitative estimate of drug-likeness (QED) is 0.864. The van der Waals surface area contributed by atoms with Gasteiger partial charge in [-0.15, -0.1) is 0 Å². The lowest BCUT2D eigenvalue weighted by Gasteiger charge is -2.22. The maximum atomic E-state index is 11.9. The average molecular weight is 333 g/mol. The van der Waals surface area contributed by atoms with Crippen molar-refractivity contribution in [1.82, 2.24) is 0 Å². The van der Waals surface area contributed by atoms with Gasteiger partial charge in [0.25, 0.3) is 0 Å². The van der Waals surface area contributed by atoms with Crippen LogP contribution in [0.5, 0.6) is 0 Å². The SMILES string of the molecule is CC[C@H](C)[C@H](C)Nc1ccc(S(C)(=O)=O)cc1S(C)(=O)=O. The molecule has 0 heterocycles. The molecule has 1 rings (SSSR count). The Kier molecular flexibility index (Phi) is 5.44. The first-order valence-corrected chi connectivity index (χ1v) is 10.6. The fraction of sp³-hybridized carbons (Fsp3) is 0.571. The molecule has 0 aliphatic heterocycles. The van der Waals surface area contributed by atoms with E-state index in [2.05, 4.69) is 19.2 Å². The molecule has 7 heteroatoms.